The molecule has 7 nitrogen and oxygen atoms in total. The summed E-state index contributed by atoms with van der Waals surface area (Å²) in [5.41, 5.74) is 2.70. The van der Waals surface area contributed by atoms with E-state index in [1.165, 1.54) is 9.47 Å². The van der Waals surface area contributed by atoms with Gasteiger partial charge in [-0.2, -0.15) is 8.78 Å². The zero-order chi connectivity index (χ0) is 23.0. The normalized spacial score (nSPS) is 27.0. The van der Waals surface area contributed by atoms with Crippen molar-refractivity contribution in [3.63, 3.8) is 0 Å². The number of rotatable bonds is 6. The number of hydrogen-bond donors (Lipinski definition) is 2. The number of nitrogens with zero attached hydrogens (tertiary/aromatic N) is 2. The van der Waals surface area contributed by atoms with E-state index in [0.717, 1.165) is 12.3 Å². The van der Waals surface area contributed by atoms with Gasteiger partial charge in [0.1, 0.15) is 11.3 Å². The monoisotopic (exact) mass is 455 g/mol. The van der Waals surface area contributed by atoms with Crippen molar-refractivity contribution < 1.29 is 32.2 Å². The van der Waals surface area contributed by atoms with Gasteiger partial charge in [0.25, 0.3) is 0 Å². The second kappa shape index (κ2) is 6.84. The van der Waals surface area contributed by atoms with E-state index in [0.29, 0.717) is 25.7 Å². The molecule has 3 N–H and O–H groups in total. The number of carboxylic acid groups (broad SMARTS) is 1. The fraction of sp³-hybridized carbons (Fsp3) is 0.524. The highest BCUT2D eigenvalue weighted by Gasteiger charge is 2.58. The summed E-state index contributed by atoms with van der Waals surface area (Å²) in [7, 11) is 0. The molecule has 2 aromatic rings. The van der Waals surface area contributed by atoms with E-state index >= 15 is 4.39 Å². The van der Waals surface area contributed by atoms with Gasteiger partial charge in [-0.1, -0.05) is 0 Å². The van der Waals surface area contributed by atoms with Crippen molar-refractivity contribution >= 4 is 22.6 Å². The number of carboxylic acids is 1. The lowest BCUT2D eigenvalue weighted by Gasteiger charge is -2.61. The largest absolute Gasteiger partial charge is 0.477 e. The molecule has 0 atom stereocenters. The van der Waals surface area contributed by atoms with Gasteiger partial charge in [0, 0.05) is 36.3 Å². The number of halogens is 4. The number of carbonyl (C=O) groups is 1. The smallest absolute Gasteiger partial charge is 0.387 e. The molecular weight excluding hydrogens is 434 g/mol. The Morgan fingerprint density at radius 2 is 2.00 bits per heavy atom. The minimum atomic E-state index is -3.33. The lowest BCUT2D eigenvalue weighted by Crippen LogP contribution is -2.72. The van der Waals surface area contributed by atoms with E-state index in [1.54, 1.807) is 0 Å². The summed E-state index contributed by atoms with van der Waals surface area (Å²) in [4.78, 5) is 25.7. The Kier molecular flexibility index (Phi) is 4.50. The summed E-state index contributed by atoms with van der Waals surface area (Å²) in [5.74, 6) is -3.10. The fourth-order valence-electron chi connectivity index (χ4n) is 5.53. The maximum Gasteiger partial charge on any atom is 0.387 e. The molecule has 11 heteroatoms. The number of fused-ring (bicyclic) bond motifs is 3. The molecule has 4 fully saturated rings. The number of alkyl halides is 3. The zero-order valence-electron chi connectivity index (χ0n) is 16.9. The minimum Gasteiger partial charge on any atom is -0.477 e. The SMILES string of the molecule is NC12CN(c3c(F)cc4c(=O)c(C(=O)O)cn(C5CC5)c4c3OC(F)F)CC(CF)(C1)C2. The van der Waals surface area contributed by atoms with Gasteiger partial charge in [0.2, 0.25) is 5.43 Å². The Morgan fingerprint density at radius 1 is 1.31 bits per heavy atom. The average Bonchev–Trinajstić information content (AvgIpc) is 3.52. The van der Waals surface area contributed by atoms with Crippen molar-refractivity contribution in [3.05, 3.63) is 33.9 Å². The third-order valence-corrected chi connectivity index (χ3v) is 6.66. The first kappa shape index (κ1) is 21.0. The molecule has 3 heterocycles. The van der Waals surface area contributed by atoms with E-state index < -0.39 is 52.8 Å². The van der Waals surface area contributed by atoms with Gasteiger partial charge in [-0.05, 0) is 31.7 Å². The highest BCUT2D eigenvalue weighted by Crippen LogP contribution is 2.55. The van der Waals surface area contributed by atoms with Crippen LogP contribution in [0.5, 0.6) is 5.75 Å². The summed E-state index contributed by atoms with van der Waals surface area (Å²) in [6.45, 7) is -3.84. The van der Waals surface area contributed by atoms with Crippen molar-refractivity contribution in [2.24, 2.45) is 11.1 Å². The molecule has 2 saturated carbocycles. The van der Waals surface area contributed by atoms with Gasteiger partial charge in [-0.15, -0.1) is 0 Å². The first-order chi connectivity index (χ1) is 15.1. The molecule has 2 saturated heterocycles. The van der Waals surface area contributed by atoms with Crippen molar-refractivity contribution in [1.29, 1.82) is 0 Å². The van der Waals surface area contributed by atoms with Crippen molar-refractivity contribution in [3.8, 4) is 5.75 Å². The van der Waals surface area contributed by atoms with Crippen molar-refractivity contribution in [1.82, 2.24) is 4.57 Å². The third-order valence-electron chi connectivity index (χ3n) is 6.66. The van der Waals surface area contributed by atoms with E-state index in [2.05, 4.69) is 0 Å². The molecule has 0 radical (unpaired) electrons. The van der Waals surface area contributed by atoms with Crippen LogP contribution < -0.4 is 20.8 Å². The van der Waals surface area contributed by atoms with Gasteiger partial charge in [0.05, 0.1) is 17.6 Å². The van der Waals surface area contributed by atoms with Crippen LogP contribution in [0.25, 0.3) is 10.9 Å². The van der Waals surface area contributed by atoms with E-state index in [9.17, 15) is 27.9 Å². The highest BCUT2D eigenvalue weighted by atomic mass is 19.3. The average molecular weight is 455 g/mol. The number of anilines is 1. The Hall–Kier alpha value is -2.82. The van der Waals surface area contributed by atoms with Crippen LogP contribution in [-0.2, 0) is 0 Å². The molecule has 6 rings (SSSR count). The third kappa shape index (κ3) is 3.13. The number of nitrogens with two attached hydrogens (primary N) is 1. The van der Waals surface area contributed by atoms with E-state index in [-0.39, 0.29) is 35.7 Å². The van der Waals surface area contributed by atoms with Crippen LogP contribution >= 0.6 is 0 Å². The van der Waals surface area contributed by atoms with Gasteiger partial charge >= 0.3 is 12.6 Å². The molecule has 2 aliphatic heterocycles. The zero-order valence-corrected chi connectivity index (χ0v) is 16.9. The molecule has 0 spiro atoms. The Balaban J connectivity index is 1.78. The summed E-state index contributed by atoms with van der Waals surface area (Å²) in [6, 6.07) is 0.615. The van der Waals surface area contributed by atoms with Gasteiger partial charge in [-0.25, -0.2) is 9.18 Å². The number of benzene rings is 1. The van der Waals surface area contributed by atoms with Crippen LogP contribution in [0.4, 0.5) is 23.2 Å². The standard InChI is InChI=1S/C21H21F4N3O4/c22-7-20-5-21(26,6-20)9-27(8-20)15-13(23)3-11-14(17(15)32-19(24)25)28(10-1-2-10)4-12(16(11)29)18(30)31/h3-4,10,19H,1-2,5-9,26H2,(H,30,31). The van der Waals surface area contributed by atoms with Crippen LogP contribution in [0.1, 0.15) is 42.1 Å². The molecule has 172 valence electrons. The molecule has 0 amide bonds. The number of aromatic carboxylic acids is 1. The van der Waals surface area contributed by atoms with Crippen molar-refractivity contribution in [2.75, 3.05) is 24.7 Å². The van der Waals surface area contributed by atoms with E-state index in [4.69, 9.17) is 10.5 Å². The molecular formula is C21H21F4N3O4. The first-order valence-electron chi connectivity index (χ1n) is 10.3. The van der Waals surface area contributed by atoms with Gasteiger partial charge < -0.3 is 25.0 Å². The fourth-order valence-corrected chi connectivity index (χ4v) is 5.53. The lowest BCUT2D eigenvalue weighted by atomic mass is 9.55. The second-order valence-electron chi connectivity index (χ2n) is 9.33. The van der Waals surface area contributed by atoms with Crippen LogP contribution in [0.2, 0.25) is 0 Å². The first-order valence-corrected chi connectivity index (χ1v) is 10.3. The quantitative estimate of drug-likeness (QED) is 0.650. The topological polar surface area (TPSA) is 97.8 Å². The molecule has 1 aromatic carbocycles. The maximum atomic E-state index is 15.4. The number of ether oxygens (including phenoxy) is 1. The predicted octanol–water partition coefficient (Wildman–Crippen LogP) is 3.04. The van der Waals surface area contributed by atoms with Gasteiger partial charge in [0.15, 0.2) is 11.6 Å². The Labute approximate surface area is 179 Å². The Bertz CT molecular complexity index is 1190. The number of aromatic nitrogens is 1. The molecule has 1 aromatic heterocycles. The van der Waals surface area contributed by atoms with Crippen LogP contribution in [0, 0.1) is 11.2 Å². The molecule has 0 unspecified atom stereocenters. The number of pyridine rings is 1. The predicted molar refractivity (Wildman–Crippen MR) is 107 cm³/mol. The van der Waals surface area contributed by atoms with Crippen LogP contribution in [0.15, 0.2) is 17.1 Å². The highest BCUT2D eigenvalue weighted by molar-refractivity contribution is 5.97. The molecule has 4 aliphatic rings. The van der Waals surface area contributed by atoms with E-state index in [1.807, 2.05) is 0 Å². The second-order valence-corrected chi connectivity index (χ2v) is 9.33. The molecule has 2 aliphatic carbocycles. The molecule has 32 heavy (non-hydrogen) atoms. The summed E-state index contributed by atoms with van der Waals surface area (Å²) in [6.07, 6.45) is 3.17. The van der Waals surface area contributed by atoms with Gasteiger partial charge in [-0.3, -0.25) is 9.18 Å². The summed E-state index contributed by atoms with van der Waals surface area (Å²) < 4.78 is 62.2. The number of hydrogen-bond acceptors (Lipinski definition) is 5. The Morgan fingerprint density at radius 3 is 2.56 bits per heavy atom. The molecule has 2 bridgehead atoms. The summed E-state index contributed by atoms with van der Waals surface area (Å²) in [5, 5.41) is 9.03. The van der Waals surface area contributed by atoms with Crippen LogP contribution in [-0.4, -0.2) is 47.6 Å². The maximum absolute atomic E-state index is 15.4. The van der Waals surface area contributed by atoms with Crippen LogP contribution in [0.3, 0.4) is 0 Å². The van der Waals surface area contributed by atoms with Crippen molar-refractivity contribution in [2.45, 2.75) is 43.9 Å². The lowest BCUT2D eigenvalue weighted by molar-refractivity contribution is -0.0496. The summed E-state index contributed by atoms with van der Waals surface area (Å²) >= 11 is 0. The number of piperidine rings is 2. The minimum absolute atomic E-state index is 0.0609.